The third-order valence-corrected chi connectivity index (χ3v) is 0.156. The van der Waals surface area contributed by atoms with E-state index >= 15 is 0 Å². The van der Waals surface area contributed by atoms with Gasteiger partial charge in [-0.15, -0.1) is 4.91 Å². The molecular formula is CH5N3O. The topological polar surface area (TPSA) is 67.5 Å². The molecular weight excluding hydrogens is 70.0 g/mol. The Hall–Kier alpha value is -0.480. The zero-order valence-electron chi connectivity index (χ0n) is 2.64. The maximum absolute atomic E-state index is 9.01. The zero-order valence-corrected chi connectivity index (χ0v) is 2.64. The van der Waals surface area contributed by atoms with Gasteiger partial charge in [0.15, 0.2) is 0 Å². The molecule has 5 heavy (non-hydrogen) atoms. The third-order valence-electron chi connectivity index (χ3n) is 0.156. The van der Waals surface area contributed by atoms with E-state index in [2.05, 4.69) is 11.0 Å². The van der Waals surface area contributed by atoms with E-state index in [0.717, 1.165) is 0 Å². The Morgan fingerprint density at radius 3 is 2.60 bits per heavy atom. The fourth-order valence-electron chi connectivity index (χ4n) is 0.0373. The van der Waals surface area contributed by atoms with Gasteiger partial charge in [-0.2, -0.15) is 0 Å². The first-order valence-electron chi connectivity index (χ1n) is 1.14. The second-order valence-electron chi connectivity index (χ2n) is 0.491. The molecule has 4 heteroatoms. The van der Waals surface area contributed by atoms with E-state index in [1.165, 1.54) is 0 Å². The molecule has 0 amide bonds. The molecule has 0 rings (SSSR count). The fourth-order valence-corrected chi connectivity index (χ4v) is 0.0373. The summed E-state index contributed by atoms with van der Waals surface area (Å²) in [5, 5.41) is 2.37. The molecule has 0 aliphatic carbocycles. The van der Waals surface area contributed by atoms with Crippen molar-refractivity contribution >= 4 is 0 Å². The molecule has 3 N–H and O–H groups in total. The highest BCUT2D eigenvalue weighted by molar-refractivity contribution is 4.23. The molecule has 0 fully saturated rings. The number of hydrogen-bond acceptors (Lipinski definition) is 4. The van der Waals surface area contributed by atoms with Crippen molar-refractivity contribution in [3.05, 3.63) is 4.91 Å². The zero-order chi connectivity index (χ0) is 4.12. The van der Waals surface area contributed by atoms with Crippen LogP contribution >= 0.6 is 0 Å². The lowest BCUT2D eigenvalue weighted by atomic mass is 11.2. The van der Waals surface area contributed by atoms with Crippen molar-refractivity contribution in [2.75, 3.05) is 6.67 Å². The first-order chi connectivity index (χ1) is 2.41. The lowest BCUT2D eigenvalue weighted by Crippen LogP contribution is -2.20. The van der Waals surface area contributed by atoms with Crippen molar-refractivity contribution in [3.63, 3.8) is 0 Å². The largest absolute Gasteiger partial charge is 0.270 e. The second-order valence-corrected chi connectivity index (χ2v) is 0.491. The van der Waals surface area contributed by atoms with Crippen LogP contribution < -0.4 is 11.3 Å². The lowest BCUT2D eigenvalue weighted by molar-refractivity contribution is 0.755. The van der Waals surface area contributed by atoms with E-state index in [-0.39, 0.29) is 6.67 Å². The van der Waals surface area contributed by atoms with Crippen molar-refractivity contribution in [1.29, 1.82) is 0 Å². The van der Waals surface area contributed by atoms with E-state index in [4.69, 9.17) is 4.91 Å². The number of nitroso groups, excluding NO2 is 1. The van der Waals surface area contributed by atoms with Crippen LogP contribution in [0.2, 0.25) is 0 Å². The first-order valence-corrected chi connectivity index (χ1v) is 1.14. The van der Waals surface area contributed by atoms with Crippen LogP contribution in [-0.2, 0) is 0 Å². The van der Waals surface area contributed by atoms with Crippen LogP contribution in [0.25, 0.3) is 0 Å². The number of rotatable bonds is 2. The minimum atomic E-state index is -0.0139. The van der Waals surface area contributed by atoms with Crippen LogP contribution in [0.5, 0.6) is 0 Å². The SMILES string of the molecule is NNCN=O. The lowest BCUT2D eigenvalue weighted by Gasteiger charge is -1.76. The molecule has 0 aliphatic heterocycles. The number of hydrazine groups is 1. The number of nitrogens with zero attached hydrogens (tertiary/aromatic N) is 1. The van der Waals surface area contributed by atoms with Crippen LogP contribution in [0, 0.1) is 4.91 Å². The predicted octanol–water partition coefficient (Wildman–Crippen LogP) is -0.826. The van der Waals surface area contributed by atoms with Gasteiger partial charge in [-0.3, -0.25) is 5.84 Å². The normalized spacial score (nSPS) is 7.40. The minimum absolute atomic E-state index is 0.0139. The highest BCUT2D eigenvalue weighted by atomic mass is 16.3. The molecule has 0 saturated carbocycles. The van der Waals surface area contributed by atoms with E-state index < -0.39 is 0 Å². The Bertz CT molecular complexity index is 28.1. The molecule has 0 aromatic heterocycles. The fraction of sp³-hybridized carbons (Fsp3) is 1.00. The van der Waals surface area contributed by atoms with Gasteiger partial charge < -0.3 is 0 Å². The molecule has 4 nitrogen and oxygen atoms in total. The number of nitrogens with one attached hydrogen (secondary N) is 1. The van der Waals surface area contributed by atoms with Crippen molar-refractivity contribution in [2.45, 2.75) is 0 Å². The van der Waals surface area contributed by atoms with Crippen LogP contribution in [-0.4, -0.2) is 6.67 Å². The van der Waals surface area contributed by atoms with Crippen LogP contribution in [0.1, 0.15) is 0 Å². The molecule has 30 valence electrons. The molecule has 0 bridgehead atoms. The van der Waals surface area contributed by atoms with Crippen molar-refractivity contribution in [3.8, 4) is 0 Å². The Morgan fingerprint density at radius 2 is 2.60 bits per heavy atom. The summed E-state index contributed by atoms with van der Waals surface area (Å²) >= 11 is 0. The van der Waals surface area contributed by atoms with Crippen molar-refractivity contribution in [1.82, 2.24) is 5.43 Å². The van der Waals surface area contributed by atoms with Gasteiger partial charge in [0.25, 0.3) is 0 Å². The molecule has 0 saturated heterocycles. The molecule has 0 radical (unpaired) electrons. The highest BCUT2D eigenvalue weighted by Gasteiger charge is 1.62. The Balaban J connectivity index is 2.40. The maximum atomic E-state index is 9.01. The van der Waals surface area contributed by atoms with Gasteiger partial charge >= 0.3 is 0 Å². The monoisotopic (exact) mass is 75.0 g/mol. The van der Waals surface area contributed by atoms with Gasteiger partial charge in [-0.1, -0.05) is 5.18 Å². The third kappa shape index (κ3) is 3.52. The smallest absolute Gasteiger partial charge is 0.143 e. The summed E-state index contributed by atoms with van der Waals surface area (Å²) in [4.78, 5) is 9.01. The first kappa shape index (κ1) is 4.52. The quantitative estimate of drug-likeness (QED) is 0.256. The van der Waals surface area contributed by atoms with Crippen LogP contribution in [0.15, 0.2) is 5.18 Å². The van der Waals surface area contributed by atoms with Gasteiger partial charge in [0, 0.05) is 0 Å². The summed E-state index contributed by atoms with van der Waals surface area (Å²) < 4.78 is 0. The molecule has 0 heterocycles. The number of nitrogens with two attached hydrogens (primary N) is 1. The van der Waals surface area contributed by atoms with Gasteiger partial charge in [0.1, 0.15) is 6.67 Å². The summed E-state index contributed by atoms with van der Waals surface area (Å²) in [6.45, 7) is -0.0139. The summed E-state index contributed by atoms with van der Waals surface area (Å²) in [6, 6.07) is 0. The van der Waals surface area contributed by atoms with Crippen molar-refractivity contribution < 1.29 is 0 Å². The van der Waals surface area contributed by atoms with Gasteiger partial charge in [0.2, 0.25) is 0 Å². The average Bonchev–Trinajstić information content (AvgIpc) is 1.41. The summed E-state index contributed by atoms with van der Waals surface area (Å²) in [7, 11) is 0. The van der Waals surface area contributed by atoms with Crippen molar-refractivity contribution in [2.24, 2.45) is 11.0 Å². The van der Waals surface area contributed by atoms with Crippen LogP contribution in [0.4, 0.5) is 0 Å². The molecule has 0 atom stereocenters. The predicted molar refractivity (Wildman–Crippen MR) is 18.0 cm³/mol. The minimum Gasteiger partial charge on any atom is -0.270 e. The van der Waals surface area contributed by atoms with E-state index in [1.807, 2.05) is 5.43 Å². The Labute approximate surface area is 29.3 Å². The standard InChI is InChI=1S/CH5N3O/c2-3-1-4-5/h3H,1-2H2. The number of hydrogen-bond donors (Lipinski definition) is 2. The van der Waals surface area contributed by atoms with Gasteiger partial charge in [-0.05, 0) is 0 Å². The van der Waals surface area contributed by atoms with E-state index in [0.29, 0.717) is 0 Å². The maximum Gasteiger partial charge on any atom is 0.143 e. The van der Waals surface area contributed by atoms with Gasteiger partial charge in [0.05, 0.1) is 0 Å². The Kier molecular flexibility index (Phi) is 3.18. The van der Waals surface area contributed by atoms with E-state index in [9.17, 15) is 0 Å². The summed E-state index contributed by atoms with van der Waals surface area (Å²) in [5.74, 6) is 4.60. The Morgan fingerprint density at radius 1 is 2.00 bits per heavy atom. The molecule has 0 unspecified atom stereocenters. The summed E-state index contributed by atoms with van der Waals surface area (Å²) in [5.41, 5.74) is 2.04. The molecule has 0 spiro atoms. The highest BCUT2D eigenvalue weighted by Crippen LogP contribution is 1.46. The van der Waals surface area contributed by atoms with Crippen LogP contribution in [0.3, 0.4) is 0 Å². The second kappa shape index (κ2) is 3.52. The summed E-state index contributed by atoms with van der Waals surface area (Å²) in [6.07, 6.45) is 0. The van der Waals surface area contributed by atoms with E-state index in [1.54, 1.807) is 0 Å². The average molecular weight is 75.1 g/mol. The molecule has 0 aromatic carbocycles. The van der Waals surface area contributed by atoms with Gasteiger partial charge in [-0.25, -0.2) is 5.43 Å². The molecule has 0 aromatic rings. The molecule has 0 aliphatic rings.